The van der Waals surface area contributed by atoms with Crippen molar-refractivity contribution in [3.05, 3.63) is 47.2 Å². The molecule has 0 saturated carbocycles. The van der Waals surface area contributed by atoms with E-state index in [2.05, 4.69) is 10.3 Å². The minimum atomic E-state index is 0.421. The van der Waals surface area contributed by atoms with Gasteiger partial charge in [0.15, 0.2) is 0 Å². The summed E-state index contributed by atoms with van der Waals surface area (Å²) in [5, 5.41) is 3.26. The molecule has 2 rings (SSSR count). The van der Waals surface area contributed by atoms with Crippen LogP contribution in [0.25, 0.3) is 0 Å². The molecule has 2 aromatic rings. The Balaban J connectivity index is 2.03. The number of aryl methyl sites for hydroxylation is 2. The smallest absolute Gasteiger partial charge is 0.213 e. The third kappa shape index (κ3) is 3.32. The SMILES string of the molecule is CCc1cnc(CNc2ccc(C(N)=S)c(C)c2)o1. The van der Waals surface area contributed by atoms with Crippen LogP contribution in [0.2, 0.25) is 0 Å². The number of oxazole rings is 1. The van der Waals surface area contributed by atoms with Crippen molar-refractivity contribution in [2.45, 2.75) is 26.8 Å². The number of nitrogens with two attached hydrogens (primary N) is 1. The maximum absolute atomic E-state index is 5.63. The molecular formula is C14H17N3OS. The third-order valence-electron chi connectivity index (χ3n) is 2.89. The number of rotatable bonds is 5. The molecule has 1 aromatic carbocycles. The standard InChI is InChI=1S/C14H17N3OS/c1-3-11-7-17-13(18-11)8-16-10-4-5-12(14(15)19)9(2)6-10/h4-7,16H,3,8H2,1-2H3,(H2,15,19). The van der Waals surface area contributed by atoms with Gasteiger partial charge < -0.3 is 15.5 Å². The zero-order valence-corrected chi connectivity index (χ0v) is 11.9. The number of nitrogens with zero attached hydrogens (tertiary/aromatic N) is 1. The van der Waals surface area contributed by atoms with Crippen molar-refractivity contribution in [1.82, 2.24) is 4.98 Å². The summed E-state index contributed by atoms with van der Waals surface area (Å²) >= 11 is 4.98. The second-order valence-corrected chi connectivity index (χ2v) is 4.76. The molecule has 0 amide bonds. The van der Waals surface area contributed by atoms with Gasteiger partial charge in [0, 0.05) is 17.7 Å². The Bertz CT molecular complexity index is 592. The lowest BCUT2D eigenvalue weighted by Gasteiger charge is -2.08. The Morgan fingerprint density at radius 3 is 2.84 bits per heavy atom. The molecule has 0 aliphatic carbocycles. The van der Waals surface area contributed by atoms with Crippen LogP contribution in [-0.4, -0.2) is 9.97 Å². The van der Waals surface area contributed by atoms with Crippen LogP contribution in [0, 0.1) is 6.92 Å². The highest BCUT2D eigenvalue weighted by atomic mass is 32.1. The molecule has 0 atom stereocenters. The number of aromatic nitrogens is 1. The second kappa shape index (κ2) is 5.84. The zero-order chi connectivity index (χ0) is 13.8. The van der Waals surface area contributed by atoms with E-state index in [1.165, 1.54) is 0 Å². The van der Waals surface area contributed by atoms with Gasteiger partial charge in [-0.3, -0.25) is 0 Å². The summed E-state index contributed by atoms with van der Waals surface area (Å²) in [7, 11) is 0. The fourth-order valence-corrected chi connectivity index (χ4v) is 2.05. The van der Waals surface area contributed by atoms with Crippen LogP contribution in [0.1, 0.15) is 29.7 Å². The van der Waals surface area contributed by atoms with E-state index in [-0.39, 0.29) is 0 Å². The predicted molar refractivity (Wildman–Crippen MR) is 80.3 cm³/mol. The van der Waals surface area contributed by atoms with E-state index in [4.69, 9.17) is 22.4 Å². The molecule has 1 aromatic heterocycles. The first-order valence-electron chi connectivity index (χ1n) is 6.18. The average Bonchev–Trinajstić information content (AvgIpc) is 2.84. The van der Waals surface area contributed by atoms with Gasteiger partial charge in [0.25, 0.3) is 0 Å². The average molecular weight is 275 g/mol. The molecular weight excluding hydrogens is 258 g/mol. The van der Waals surface area contributed by atoms with Crippen molar-refractivity contribution in [2.75, 3.05) is 5.32 Å². The van der Waals surface area contributed by atoms with Crippen molar-refractivity contribution in [3.8, 4) is 0 Å². The molecule has 0 bridgehead atoms. The topological polar surface area (TPSA) is 64.1 Å². The predicted octanol–water partition coefficient (Wildman–Crippen LogP) is 2.79. The first kappa shape index (κ1) is 13.5. The molecule has 3 N–H and O–H groups in total. The lowest BCUT2D eigenvalue weighted by atomic mass is 10.1. The molecule has 5 heteroatoms. The first-order chi connectivity index (χ1) is 9.10. The van der Waals surface area contributed by atoms with Gasteiger partial charge in [-0.1, -0.05) is 19.1 Å². The van der Waals surface area contributed by atoms with Crippen molar-refractivity contribution >= 4 is 22.9 Å². The number of benzene rings is 1. The summed E-state index contributed by atoms with van der Waals surface area (Å²) in [5.41, 5.74) is 8.59. The Morgan fingerprint density at radius 2 is 2.26 bits per heavy atom. The van der Waals surface area contributed by atoms with Gasteiger partial charge in [-0.25, -0.2) is 4.98 Å². The molecule has 100 valence electrons. The third-order valence-corrected chi connectivity index (χ3v) is 3.11. The van der Waals surface area contributed by atoms with Gasteiger partial charge in [-0.2, -0.15) is 0 Å². The zero-order valence-electron chi connectivity index (χ0n) is 11.1. The minimum absolute atomic E-state index is 0.421. The number of anilines is 1. The normalized spacial score (nSPS) is 10.4. The number of hydrogen-bond acceptors (Lipinski definition) is 4. The largest absolute Gasteiger partial charge is 0.444 e. The summed E-state index contributed by atoms with van der Waals surface area (Å²) in [6.45, 7) is 4.58. The highest BCUT2D eigenvalue weighted by molar-refractivity contribution is 7.80. The van der Waals surface area contributed by atoms with Crippen molar-refractivity contribution in [3.63, 3.8) is 0 Å². The van der Waals surface area contributed by atoms with E-state index in [1.807, 2.05) is 32.0 Å². The summed E-state index contributed by atoms with van der Waals surface area (Å²) in [6.07, 6.45) is 2.62. The molecule has 19 heavy (non-hydrogen) atoms. The number of thiocarbonyl (C=S) groups is 1. The van der Waals surface area contributed by atoms with Crippen LogP contribution < -0.4 is 11.1 Å². The highest BCUT2D eigenvalue weighted by Gasteiger charge is 2.04. The first-order valence-corrected chi connectivity index (χ1v) is 6.59. The molecule has 0 fully saturated rings. The van der Waals surface area contributed by atoms with E-state index in [9.17, 15) is 0 Å². The Kier molecular flexibility index (Phi) is 4.16. The van der Waals surface area contributed by atoms with E-state index in [0.717, 1.165) is 29.0 Å². The van der Waals surface area contributed by atoms with Gasteiger partial charge >= 0.3 is 0 Å². The summed E-state index contributed by atoms with van der Waals surface area (Å²) in [5.74, 6) is 1.59. The monoisotopic (exact) mass is 275 g/mol. The quantitative estimate of drug-likeness (QED) is 0.821. The van der Waals surface area contributed by atoms with Gasteiger partial charge in [0.2, 0.25) is 5.89 Å². The summed E-state index contributed by atoms with van der Waals surface area (Å²) in [4.78, 5) is 4.62. The molecule has 0 saturated heterocycles. The highest BCUT2D eigenvalue weighted by Crippen LogP contribution is 2.16. The Hall–Kier alpha value is -1.88. The summed E-state index contributed by atoms with van der Waals surface area (Å²) in [6, 6.07) is 5.89. The van der Waals surface area contributed by atoms with Gasteiger partial charge in [0.05, 0.1) is 12.7 Å². The van der Waals surface area contributed by atoms with E-state index < -0.39 is 0 Å². The molecule has 0 radical (unpaired) electrons. The van der Waals surface area contributed by atoms with Crippen molar-refractivity contribution in [2.24, 2.45) is 5.73 Å². The van der Waals surface area contributed by atoms with Crippen LogP contribution in [0.4, 0.5) is 5.69 Å². The van der Waals surface area contributed by atoms with Gasteiger partial charge in [-0.05, 0) is 30.7 Å². The Morgan fingerprint density at radius 1 is 1.47 bits per heavy atom. The van der Waals surface area contributed by atoms with Crippen LogP contribution >= 0.6 is 12.2 Å². The maximum Gasteiger partial charge on any atom is 0.213 e. The van der Waals surface area contributed by atoms with Crippen LogP contribution in [-0.2, 0) is 13.0 Å². The van der Waals surface area contributed by atoms with Crippen LogP contribution in [0.15, 0.2) is 28.8 Å². The van der Waals surface area contributed by atoms with Crippen molar-refractivity contribution in [1.29, 1.82) is 0 Å². The molecule has 0 unspecified atom stereocenters. The second-order valence-electron chi connectivity index (χ2n) is 4.32. The van der Waals surface area contributed by atoms with Crippen molar-refractivity contribution < 1.29 is 4.42 Å². The lowest BCUT2D eigenvalue weighted by Crippen LogP contribution is -2.11. The van der Waals surface area contributed by atoms with Crippen LogP contribution in [0.3, 0.4) is 0 Å². The number of hydrogen-bond donors (Lipinski definition) is 2. The Labute approximate surface area is 118 Å². The van der Waals surface area contributed by atoms with E-state index >= 15 is 0 Å². The minimum Gasteiger partial charge on any atom is -0.444 e. The number of nitrogens with one attached hydrogen (secondary N) is 1. The lowest BCUT2D eigenvalue weighted by molar-refractivity contribution is 0.466. The van der Waals surface area contributed by atoms with Crippen LogP contribution in [0.5, 0.6) is 0 Å². The molecule has 4 nitrogen and oxygen atoms in total. The van der Waals surface area contributed by atoms with E-state index in [1.54, 1.807) is 6.20 Å². The molecule has 0 aliphatic rings. The fourth-order valence-electron chi connectivity index (χ4n) is 1.82. The summed E-state index contributed by atoms with van der Waals surface area (Å²) < 4.78 is 5.53. The maximum atomic E-state index is 5.63. The van der Waals surface area contributed by atoms with Gasteiger partial charge in [-0.15, -0.1) is 0 Å². The molecule has 1 heterocycles. The fraction of sp³-hybridized carbons (Fsp3) is 0.286. The molecule has 0 spiro atoms. The van der Waals surface area contributed by atoms with Gasteiger partial charge in [0.1, 0.15) is 10.7 Å². The van der Waals surface area contributed by atoms with E-state index in [0.29, 0.717) is 17.4 Å². The molecule has 0 aliphatic heterocycles.